The van der Waals surface area contributed by atoms with Crippen LogP contribution in [-0.2, 0) is 4.57 Å². The van der Waals surface area contributed by atoms with Crippen molar-refractivity contribution in [1.82, 2.24) is 0 Å². The van der Waals surface area contributed by atoms with E-state index < -0.39 is 7.82 Å². The van der Waals surface area contributed by atoms with Gasteiger partial charge in [0.15, 0.2) is 0 Å². The molecule has 0 atom stereocenters. The zero-order valence-corrected chi connectivity index (χ0v) is 5.95. The van der Waals surface area contributed by atoms with Crippen LogP contribution in [0.4, 0.5) is 4.70 Å². The summed E-state index contributed by atoms with van der Waals surface area (Å²) in [6.45, 7) is 0. The summed E-state index contributed by atoms with van der Waals surface area (Å²) in [5.41, 5.74) is 0. The molecule has 4 nitrogen and oxygen atoms in total. The fourth-order valence-electron chi connectivity index (χ4n) is 0. The van der Waals surface area contributed by atoms with E-state index in [-0.39, 0.29) is 29.5 Å². The lowest BCUT2D eigenvalue weighted by atomic mass is 15.8. The van der Waals surface area contributed by atoms with Gasteiger partial charge >= 0.3 is 7.82 Å². The van der Waals surface area contributed by atoms with E-state index in [9.17, 15) is 0 Å². The number of hydrogen-bond donors (Lipinski definition) is 3. The van der Waals surface area contributed by atoms with Gasteiger partial charge in [-0.1, -0.05) is 0 Å². The molecule has 0 rings (SSSR count). The van der Waals surface area contributed by atoms with E-state index in [1.807, 2.05) is 0 Å². The van der Waals surface area contributed by atoms with E-state index in [0.29, 0.717) is 0 Å². The maximum absolute atomic E-state index is 8.88. The molecule has 8 heteroatoms. The first-order valence-electron chi connectivity index (χ1n) is 0.783. The van der Waals surface area contributed by atoms with Crippen molar-refractivity contribution in [3.63, 3.8) is 0 Å². The van der Waals surface area contributed by atoms with E-state index in [4.69, 9.17) is 19.2 Å². The highest BCUT2D eigenvalue weighted by Gasteiger charge is 2.00. The maximum atomic E-state index is 8.88. The molecule has 0 amide bonds. The third-order valence-electron chi connectivity index (χ3n) is 0. The van der Waals surface area contributed by atoms with Crippen LogP contribution >= 0.6 is 32.6 Å². The highest BCUT2D eigenvalue weighted by atomic mass is 35.5. The van der Waals surface area contributed by atoms with Crippen LogP contribution in [0.2, 0.25) is 0 Å². The Kier molecular flexibility index (Phi) is 22.3. The van der Waals surface area contributed by atoms with Crippen molar-refractivity contribution < 1.29 is 23.9 Å². The standard InChI is InChI=1S/2ClH.FH.H3O4P/c;;;1-5(2,3)4/h3*1H;(H3,1,2,3,4). The molecular formula is H6Cl2FO4P. The van der Waals surface area contributed by atoms with Crippen molar-refractivity contribution in [3.8, 4) is 0 Å². The predicted octanol–water partition coefficient (Wildman–Crippen LogP) is 0.0675. The zero-order chi connectivity index (χ0) is 4.50. The van der Waals surface area contributed by atoms with Crippen molar-refractivity contribution in [2.75, 3.05) is 0 Å². The summed E-state index contributed by atoms with van der Waals surface area (Å²) in [6.07, 6.45) is 0. The summed E-state index contributed by atoms with van der Waals surface area (Å²) in [6, 6.07) is 0. The van der Waals surface area contributed by atoms with Crippen LogP contribution in [0, 0.1) is 0 Å². The molecule has 0 aliphatic heterocycles. The molecule has 0 saturated carbocycles. The monoisotopic (exact) mass is 190 g/mol. The van der Waals surface area contributed by atoms with E-state index >= 15 is 0 Å². The Hall–Kier alpha value is 0.620. The number of halogens is 3. The lowest BCUT2D eigenvalue weighted by Crippen LogP contribution is -1.66. The van der Waals surface area contributed by atoms with Crippen molar-refractivity contribution in [2.45, 2.75) is 0 Å². The second kappa shape index (κ2) is 7.62. The zero-order valence-electron chi connectivity index (χ0n) is 3.42. The molecule has 56 valence electrons. The van der Waals surface area contributed by atoms with Crippen LogP contribution in [-0.4, -0.2) is 14.7 Å². The van der Waals surface area contributed by atoms with Gasteiger partial charge in [0.25, 0.3) is 0 Å². The molecule has 0 aromatic rings. The molecular weight excluding hydrogens is 185 g/mol. The lowest BCUT2D eigenvalue weighted by Gasteiger charge is -1.82. The van der Waals surface area contributed by atoms with Crippen molar-refractivity contribution in [1.29, 1.82) is 0 Å². The Morgan fingerprint density at radius 2 is 1.00 bits per heavy atom. The van der Waals surface area contributed by atoms with Gasteiger partial charge in [-0.3, -0.25) is 4.70 Å². The lowest BCUT2D eigenvalue weighted by molar-refractivity contribution is 0.275. The highest BCUT2D eigenvalue weighted by molar-refractivity contribution is 7.45. The Morgan fingerprint density at radius 1 is 1.00 bits per heavy atom. The predicted molar refractivity (Wildman–Crippen MR) is 31.3 cm³/mol. The SMILES string of the molecule is Cl.Cl.F.O=P(O)(O)O. The Balaban J connectivity index is -0.0000000267. The normalized spacial score (nSPS) is 7.38. The molecule has 3 N–H and O–H groups in total. The number of rotatable bonds is 0. The van der Waals surface area contributed by atoms with Gasteiger partial charge < -0.3 is 14.7 Å². The molecule has 0 unspecified atom stereocenters. The second-order valence-electron chi connectivity index (χ2n) is 0.513. The van der Waals surface area contributed by atoms with E-state index in [2.05, 4.69) is 0 Å². The number of phosphoric acid groups is 1. The van der Waals surface area contributed by atoms with Gasteiger partial charge in [0.2, 0.25) is 0 Å². The van der Waals surface area contributed by atoms with Crippen LogP contribution in [0.1, 0.15) is 0 Å². The number of hydrogen-bond acceptors (Lipinski definition) is 1. The minimum Gasteiger partial charge on any atom is -0.303 e. The average molecular weight is 191 g/mol. The first-order chi connectivity index (χ1) is 2.00. The molecule has 0 aliphatic rings. The van der Waals surface area contributed by atoms with Gasteiger partial charge in [-0.05, 0) is 0 Å². The molecule has 0 heterocycles. The quantitative estimate of drug-likeness (QED) is 0.473. The van der Waals surface area contributed by atoms with Crippen molar-refractivity contribution in [3.05, 3.63) is 0 Å². The summed E-state index contributed by atoms with van der Waals surface area (Å²) in [5.74, 6) is 0. The van der Waals surface area contributed by atoms with Gasteiger partial charge in [-0.25, -0.2) is 4.57 Å². The van der Waals surface area contributed by atoms with Gasteiger partial charge in [0.05, 0.1) is 0 Å². The summed E-state index contributed by atoms with van der Waals surface area (Å²) in [5, 5.41) is 0. The van der Waals surface area contributed by atoms with E-state index in [1.54, 1.807) is 0 Å². The van der Waals surface area contributed by atoms with Gasteiger partial charge in [-0.15, -0.1) is 24.8 Å². The summed E-state index contributed by atoms with van der Waals surface area (Å²) in [7, 11) is -4.64. The molecule has 0 aromatic heterocycles. The topological polar surface area (TPSA) is 77.8 Å². The summed E-state index contributed by atoms with van der Waals surface area (Å²) < 4.78 is 8.88. The molecule has 0 saturated heterocycles. The smallest absolute Gasteiger partial charge is 0.303 e. The molecule has 8 heavy (non-hydrogen) atoms. The Bertz CT molecular complexity index is 60.2. The first kappa shape index (κ1) is 23.4. The maximum Gasteiger partial charge on any atom is 0.466 e. The van der Waals surface area contributed by atoms with Crippen LogP contribution in [0.5, 0.6) is 0 Å². The van der Waals surface area contributed by atoms with Crippen molar-refractivity contribution in [2.24, 2.45) is 0 Å². The minimum absolute atomic E-state index is 0. The van der Waals surface area contributed by atoms with Crippen LogP contribution in [0.25, 0.3) is 0 Å². The summed E-state index contributed by atoms with van der Waals surface area (Å²) >= 11 is 0. The molecule has 0 aliphatic carbocycles. The molecule has 0 spiro atoms. The molecule has 0 bridgehead atoms. The fraction of sp³-hybridized carbons (Fsp3) is 0. The fourth-order valence-corrected chi connectivity index (χ4v) is 0. The third-order valence-corrected chi connectivity index (χ3v) is 0. The molecule has 0 aromatic carbocycles. The first-order valence-corrected chi connectivity index (χ1v) is 2.35. The van der Waals surface area contributed by atoms with Crippen LogP contribution in [0.3, 0.4) is 0 Å². The largest absolute Gasteiger partial charge is 0.466 e. The third kappa shape index (κ3) is 544. The molecule has 0 fully saturated rings. The summed E-state index contributed by atoms with van der Waals surface area (Å²) in [4.78, 5) is 21.6. The Morgan fingerprint density at radius 3 is 1.00 bits per heavy atom. The average Bonchev–Trinajstić information content (AvgIpc) is 0.722. The molecule has 0 radical (unpaired) electrons. The van der Waals surface area contributed by atoms with E-state index in [1.165, 1.54) is 0 Å². The highest BCUT2D eigenvalue weighted by Crippen LogP contribution is 2.25. The van der Waals surface area contributed by atoms with Gasteiger partial charge in [-0.2, -0.15) is 0 Å². The van der Waals surface area contributed by atoms with Gasteiger partial charge in [0.1, 0.15) is 0 Å². The van der Waals surface area contributed by atoms with Crippen LogP contribution in [0.15, 0.2) is 0 Å². The Labute approximate surface area is 57.3 Å². The van der Waals surface area contributed by atoms with Gasteiger partial charge in [0, 0.05) is 0 Å². The second-order valence-corrected chi connectivity index (χ2v) is 1.54. The van der Waals surface area contributed by atoms with E-state index in [0.717, 1.165) is 0 Å². The minimum atomic E-state index is -4.64. The van der Waals surface area contributed by atoms with Crippen LogP contribution < -0.4 is 0 Å². The van der Waals surface area contributed by atoms with Crippen molar-refractivity contribution >= 4 is 32.6 Å².